The predicted octanol–water partition coefficient (Wildman–Crippen LogP) is 2.26. The lowest BCUT2D eigenvalue weighted by Crippen LogP contribution is -2.29. The van der Waals surface area contributed by atoms with Gasteiger partial charge in [0.25, 0.3) is 0 Å². The van der Waals surface area contributed by atoms with Crippen LogP contribution in [0.3, 0.4) is 0 Å². The van der Waals surface area contributed by atoms with Crippen LogP contribution in [0.1, 0.15) is 24.1 Å². The van der Waals surface area contributed by atoms with Gasteiger partial charge in [-0.15, -0.1) is 0 Å². The number of hydrogen-bond donors (Lipinski definition) is 1. The van der Waals surface area contributed by atoms with E-state index in [1.807, 2.05) is 49.5 Å². The second-order valence-electron chi connectivity index (χ2n) is 5.99. The predicted molar refractivity (Wildman–Crippen MR) is 91.0 cm³/mol. The van der Waals surface area contributed by atoms with Crippen LogP contribution in [-0.2, 0) is 6.54 Å². The zero-order chi connectivity index (χ0) is 16.7. The third-order valence-electron chi connectivity index (χ3n) is 3.41. The maximum Gasteiger partial charge on any atom is 0.407 e. The van der Waals surface area contributed by atoms with Crippen LogP contribution in [0.5, 0.6) is 0 Å². The fraction of sp³-hybridized carbons (Fsp3) is 0.471. The Kier molecular flexibility index (Phi) is 6.29. The lowest BCUT2D eigenvalue weighted by atomic mass is 10.2. The molecule has 124 valence electrons. The van der Waals surface area contributed by atoms with Crippen LogP contribution in [-0.4, -0.2) is 65.4 Å². The molecular formula is C17H24N4O2. The molecule has 1 heterocycles. The summed E-state index contributed by atoms with van der Waals surface area (Å²) in [6, 6.07) is 4.26. The summed E-state index contributed by atoms with van der Waals surface area (Å²) >= 11 is 0. The molecule has 0 unspecified atom stereocenters. The molecule has 2 rings (SSSR count). The Balaban J connectivity index is 1.94. The monoisotopic (exact) mass is 316 g/mol. The van der Waals surface area contributed by atoms with Crippen molar-refractivity contribution < 1.29 is 9.90 Å². The number of rotatable bonds is 8. The van der Waals surface area contributed by atoms with Gasteiger partial charge in [0.15, 0.2) is 0 Å². The Morgan fingerprint density at radius 3 is 2.78 bits per heavy atom. The van der Waals surface area contributed by atoms with Gasteiger partial charge in [-0.1, -0.05) is 12.2 Å². The van der Waals surface area contributed by atoms with Crippen molar-refractivity contribution in [1.29, 1.82) is 0 Å². The highest BCUT2D eigenvalue weighted by atomic mass is 16.4. The summed E-state index contributed by atoms with van der Waals surface area (Å²) in [7, 11) is 3.94. The number of aromatic nitrogens is 1. The number of carbonyl (C=O) groups is 1. The van der Waals surface area contributed by atoms with Crippen molar-refractivity contribution in [1.82, 2.24) is 14.8 Å². The molecule has 1 aliphatic rings. The molecule has 0 bridgehead atoms. The molecule has 0 aromatic carbocycles. The summed E-state index contributed by atoms with van der Waals surface area (Å²) in [6.07, 6.45) is 8.77. The highest BCUT2D eigenvalue weighted by Gasteiger charge is 2.18. The van der Waals surface area contributed by atoms with E-state index in [-0.39, 0.29) is 6.54 Å². The summed E-state index contributed by atoms with van der Waals surface area (Å²) in [5.41, 5.74) is 1.70. The second-order valence-corrected chi connectivity index (χ2v) is 5.99. The summed E-state index contributed by atoms with van der Waals surface area (Å²) in [6.45, 7) is 1.41. The van der Waals surface area contributed by atoms with Crippen LogP contribution in [0.25, 0.3) is 0 Å². The van der Waals surface area contributed by atoms with Crippen LogP contribution in [0, 0.1) is 0 Å². The van der Waals surface area contributed by atoms with E-state index in [2.05, 4.69) is 9.98 Å². The minimum Gasteiger partial charge on any atom is -0.465 e. The van der Waals surface area contributed by atoms with Crippen molar-refractivity contribution >= 4 is 12.3 Å². The lowest BCUT2D eigenvalue weighted by molar-refractivity contribution is 0.147. The number of amides is 1. The van der Waals surface area contributed by atoms with Gasteiger partial charge in [-0.05, 0) is 44.6 Å². The molecule has 1 fully saturated rings. The molecule has 1 N–H and O–H groups in total. The average molecular weight is 316 g/mol. The van der Waals surface area contributed by atoms with E-state index in [9.17, 15) is 9.90 Å². The van der Waals surface area contributed by atoms with Crippen molar-refractivity contribution in [3.05, 3.63) is 41.7 Å². The standard InChI is InChI=1S/C17H24N4O2/c1-20(2)9-3-4-10-21(17(22)23)13-16-11-14(7-8-18-16)12-19-15-5-6-15/h3-4,7-8,11-12,15H,5-6,9-10,13H2,1-2H3,(H,22,23). The number of hydrogen-bond acceptors (Lipinski definition) is 4. The third-order valence-corrected chi connectivity index (χ3v) is 3.41. The first-order chi connectivity index (χ1) is 11.0. The molecule has 6 nitrogen and oxygen atoms in total. The molecule has 0 radical (unpaired) electrons. The lowest BCUT2D eigenvalue weighted by Gasteiger charge is -2.17. The molecule has 0 atom stereocenters. The molecular weight excluding hydrogens is 292 g/mol. The Hall–Kier alpha value is -2.21. The van der Waals surface area contributed by atoms with Crippen molar-refractivity contribution in [2.24, 2.45) is 4.99 Å². The fourth-order valence-electron chi connectivity index (χ4n) is 1.97. The van der Waals surface area contributed by atoms with Crippen LogP contribution in [0.2, 0.25) is 0 Å². The molecule has 0 spiro atoms. The third kappa shape index (κ3) is 6.61. The number of carboxylic acid groups (broad SMARTS) is 1. The van der Waals surface area contributed by atoms with Crippen molar-refractivity contribution in [2.45, 2.75) is 25.4 Å². The van der Waals surface area contributed by atoms with Gasteiger partial charge in [-0.3, -0.25) is 14.9 Å². The van der Waals surface area contributed by atoms with E-state index in [1.54, 1.807) is 6.20 Å². The number of nitrogens with zero attached hydrogens (tertiary/aromatic N) is 4. The van der Waals surface area contributed by atoms with Crippen LogP contribution in [0.4, 0.5) is 4.79 Å². The van der Waals surface area contributed by atoms with Gasteiger partial charge in [0.2, 0.25) is 0 Å². The van der Waals surface area contributed by atoms with Crippen LogP contribution < -0.4 is 0 Å². The number of aliphatic imine (C=N–C) groups is 1. The van der Waals surface area contributed by atoms with E-state index in [1.165, 1.54) is 17.7 Å². The topological polar surface area (TPSA) is 69.0 Å². The van der Waals surface area contributed by atoms with Crippen molar-refractivity contribution in [3.63, 3.8) is 0 Å². The van der Waals surface area contributed by atoms with Gasteiger partial charge in [-0.25, -0.2) is 4.79 Å². The summed E-state index contributed by atoms with van der Waals surface area (Å²) in [4.78, 5) is 23.4. The maximum absolute atomic E-state index is 11.4. The van der Waals surface area contributed by atoms with Gasteiger partial charge in [-0.2, -0.15) is 0 Å². The quantitative estimate of drug-likeness (QED) is 0.590. The highest BCUT2D eigenvalue weighted by molar-refractivity contribution is 5.79. The largest absolute Gasteiger partial charge is 0.465 e. The Morgan fingerprint density at radius 2 is 2.13 bits per heavy atom. The summed E-state index contributed by atoms with van der Waals surface area (Å²) in [5, 5.41) is 9.32. The molecule has 23 heavy (non-hydrogen) atoms. The molecule has 1 aliphatic carbocycles. The zero-order valence-corrected chi connectivity index (χ0v) is 13.7. The van der Waals surface area contributed by atoms with Gasteiger partial charge in [0.05, 0.1) is 18.3 Å². The van der Waals surface area contributed by atoms with Gasteiger partial charge < -0.3 is 10.0 Å². The zero-order valence-electron chi connectivity index (χ0n) is 13.7. The molecule has 1 aromatic heterocycles. The molecule has 1 amide bonds. The summed E-state index contributed by atoms with van der Waals surface area (Å²) < 4.78 is 0. The maximum atomic E-state index is 11.4. The Labute approximate surface area is 137 Å². The fourth-order valence-corrected chi connectivity index (χ4v) is 1.97. The SMILES string of the molecule is CN(C)CC=CCN(Cc1cc(C=NC2CC2)ccn1)C(=O)O. The van der Waals surface area contributed by atoms with Gasteiger partial charge in [0, 0.05) is 25.5 Å². The second kappa shape index (κ2) is 8.43. The molecule has 0 saturated heterocycles. The van der Waals surface area contributed by atoms with E-state index in [0.29, 0.717) is 12.6 Å². The molecule has 6 heteroatoms. The highest BCUT2D eigenvalue weighted by Crippen LogP contribution is 2.23. The molecule has 0 aliphatic heterocycles. The Bertz CT molecular complexity index is 580. The van der Waals surface area contributed by atoms with Crippen LogP contribution in [0.15, 0.2) is 35.5 Å². The Morgan fingerprint density at radius 1 is 1.39 bits per heavy atom. The number of likely N-dealkylation sites (N-methyl/N-ethyl adjacent to an activating group) is 1. The van der Waals surface area contributed by atoms with Gasteiger partial charge >= 0.3 is 6.09 Å². The van der Waals surface area contributed by atoms with E-state index >= 15 is 0 Å². The van der Waals surface area contributed by atoms with Crippen LogP contribution >= 0.6 is 0 Å². The molecule has 1 saturated carbocycles. The number of pyridine rings is 1. The van der Waals surface area contributed by atoms with E-state index < -0.39 is 6.09 Å². The van der Waals surface area contributed by atoms with E-state index in [4.69, 9.17) is 0 Å². The smallest absolute Gasteiger partial charge is 0.407 e. The first kappa shape index (κ1) is 17.1. The van der Waals surface area contributed by atoms with E-state index in [0.717, 1.165) is 17.8 Å². The summed E-state index contributed by atoms with van der Waals surface area (Å²) in [5.74, 6) is 0. The first-order valence-electron chi connectivity index (χ1n) is 7.80. The van der Waals surface area contributed by atoms with Crippen molar-refractivity contribution in [3.8, 4) is 0 Å². The average Bonchev–Trinajstić information content (AvgIpc) is 3.32. The first-order valence-corrected chi connectivity index (χ1v) is 7.80. The van der Waals surface area contributed by atoms with Crippen molar-refractivity contribution in [2.75, 3.05) is 27.2 Å². The van der Waals surface area contributed by atoms with Gasteiger partial charge in [0.1, 0.15) is 0 Å². The minimum atomic E-state index is -0.946. The normalized spacial score (nSPS) is 14.9. The molecule has 1 aromatic rings. The minimum absolute atomic E-state index is 0.271.